The van der Waals surface area contributed by atoms with Crippen molar-refractivity contribution in [2.24, 2.45) is 5.92 Å². The normalized spacial score (nSPS) is 26.3. The van der Waals surface area contributed by atoms with E-state index in [9.17, 15) is 18.0 Å². The molecule has 0 spiro atoms. The minimum absolute atomic E-state index is 0.0172. The number of carbonyl (C=O) groups is 2. The van der Waals surface area contributed by atoms with Gasteiger partial charge >= 0.3 is 0 Å². The predicted octanol–water partition coefficient (Wildman–Crippen LogP) is 0.388. The first-order valence-corrected chi connectivity index (χ1v) is 12.4. The second-order valence-electron chi connectivity index (χ2n) is 8.36. The van der Waals surface area contributed by atoms with Crippen molar-refractivity contribution in [3.05, 3.63) is 18.2 Å². The largest absolute Gasteiger partial charge is 0.497 e. The third-order valence-corrected chi connectivity index (χ3v) is 8.25. The van der Waals surface area contributed by atoms with Crippen LogP contribution in [0.5, 0.6) is 11.5 Å². The lowest BCUT2D eigenvalue weighted by Gasteiger charge is -2.38. The number of amides is 2. The minimum Gasteiger partial charge on any atom is -0.497 e. The summed E-state index contributed by atoms with van der Waals surface area (Å²) in [5, 5.41) is 0. The Labute approximate surface area is 182 Å². The lowest BCUT2D eigenvalue weighted by atomic mass is 10.1. The Morgan fingerprint density at radius 2 is 1.84 bits per heavy atom. The Morgan fingerprint density at radius 1 is 1.10 bits per heavy atom. The van der Waals surface area contributed by atoms with Crippen molar-refractivity contribution >= 4 is 27.3 Å². The van der Waals surface area contributed by atoms with E-state index in [4.69, 9.17) is 9.47 Å². The van der Waals surface area contributed by atoms with Gasteiger partial charge in [0.25, 0.3) is 0 Å². The first-order valence-electron chi connectivity index (χ1n) is 10.6. The standard InChI is InChI=1S/C21H29N3O6S/c1-29-17-3-4-19(30-2)18(12-17)24-13-15(11-20(24)25)21(26)23-8-6-22(7-9-23)16-5-10-31(27,28)14-16/h3-4,12,15-16H,5-11,13-14H2,1-2H3. The fourth-order valence-corrected chi connectivity index (χ4v) is 6.50. The molecule has 2 unspecified atom stereocenters. The first kappa shape index (κ1) is 21.9. The van der Waals surface area contributed by atoms with Crippen LogP contribution in [0.4, 0.5) is 5.69 Å². The summed E-state index contributed by atoms with van der Waals surface area (Å²) in [6.07, 6.45) is 0.838. The predicted molar refractivity (Wildman–Crippen MR) is 115 cm³/mol. The van der Waals surface area contributed by atoms with Crippen LogP contribution < -0.4 is 14.4 Å². The maximum absolute atomic E-state index is 13.1. The molecule has 3 heterocycles. The van der Waals surface area contributed by atoms with Crippen molar-refractivity contribution in [2.45, 2.75) is 18.9 Å². The van der Waals surface area contributed by atoms with Gasteiger partial charge in [-0.05, 0) is 18.6 Å². The summed E-state index contributed by atoms with van der Waals surface area (Å²) in [7, 11) is 0.183. The molecule has 3 aliphatic heterocycles. The van der Waals surface area contributed by atoms with Gasteiger partial charge in [-0.2, -0.15) is 0 Å². The molecule has 1 aromatic rings. The summed E-state index contributed by atoms with van der Waals surface area (Å²) < 4.78 is 34.2. The fourth-order valence-electron chi connectivity index (χ4n) is 4.74. The van der Waals surface area contributed by atoms with E-state index in [0.717, 1.165) is 0 Å². The number of methoxy groups -OCH3 is 2. The second kappa shape index (κ2) is 8.66. The highest BCUT2D eigenvalue weighted by molar-refractivity contribution is 7.91. The molecule has 10 heteroatoms. The Morgan fingerprint density at radius 3 is 2.45 bits per heavy atom. The van der Waals surface area contributed by atoms with E-state index in [0.29, 0.717) is 56.3 Å². The van der Waals surface area contributed by atoms with Gasteiger partial charge in [0.2, 0.25) is 11.8 Å². The van der Waals surface area contributed by atoms with Crippen LogP contribution in [-0.2, 0) is 19.4 Å². The van der Waals surface area contributed by atoms with E-state index in [1.165, 1.54) is 0 Å². The van der Waals surface area contributed by atoms with Crippen LogP contribution in [0, 0.1) is 5.92 Å². The summed E-state index contributed by atoms with van der Waals surface area (Å²) in [5.41, 5.74) is 0.606. The number of carbonyl (C=O) groups excluding carboxylic acids is 2. The summed E-state index contributed by atoms with van der Waals surface area (Å²) >= 11 is 0. The molecule has 3 aliphatic rings. The Balaban J connectivity index is 1.38. The van der Waals surface area contributed by atoms with Crippen molar-refractivity contribution in [1.29, 1.82) is 0 Å². The second-order valence-corrected chi connectivity index (χ2v) is 10.6. The third kappa shape index (κ3) is 4.50. The molecule has 0 radical (unpaired) electrons. The molecule has 0 aromatic heterocycles. The number of piperazine rings is 1. The summed E-state index contributed by atoms with van der Waals surface area (Å²) in [4.78, 5) is 31.4. The van der Waals surface area contributed by atoms with Gasteiger partial charge in [-0.15, -0.1) is 0 Å². The number of rotatable bonds is 5. The molecule has 0 saturated carbocycles. The van der Waals surface area contributed by atoms with Gasteiger partial charge in [-0.25, -0.2) is 8.42 Å². The maximum Gasteiger partial charge on any atom is 0.228 e. The number of sulfone groups is 1. The maximum atomic E-state index is 13.1. The van der Waals surface area contributed by atoms with Gasteiger partial charge in [0, 0.05) is 51.3 Å². The zero-order valence-electron chi connectivity index (χ0n) is 18.0. The van der Waals surface area contributed by atoms with Crippen LogP contribution in [0.15, 0.2) is 18.2 Å². The fraction of sp³-hybridized carbons (Fsp3) is 0.619. The highest BCUT2D eigenvalue weighted by Crippen LogP contribution is 2.36. The van der Waals surface area contributed by atoms with Crippen molar-refractivity contribution in [2.75, 3.05) is 63.3 Å². The molecule has 3 fully saturated rings. The van der Waals surface area contributed by atoms with Crippen LogP contribution >= 0.6 is 0 Å². The topological polar surface area (TPSA) is 96.5 Å². The molecular formula is C21H29N3O6S. The molecule has 2 amide bonds. The summed E-state index contributed by atoms with van der Waals surface area (Å²) in [6, 6.07) is 5.32. The minimum atomic E-state index is -2.92. The van der Waals surface area contributed by atoms with Gasteiger partial charge in [0.05, 0.1) is 37.3 Å². The highest BCUT2D eigenvalue weighted by atomic mass is 32.2. The van der Waals surface area contributed by atoms with Crippen LogP contribution in [-0.4, -0.2) is 94.5 Å². The van der Waals surface area contributed by atoms with E-state index >= 15 is 0 Å². The summed E-state index contributed by atoms with van der Waals surface area (Å²) in [6.45, 7) is 2.76. The van der Waals surface area contributed by atoms with Gasteiger partial charge in [-0.3, -0.25) is 14.5 Å². The molecule has 3 saturated heterocycles. The smallest absolute Gasteiger partial charge is 0.228 e. The number of ether oxygens (including phenoxy) is 2. The van der Waals surface area contributed by atoms with Gasteiger partial charge in [0.1, 0.15) is 11.5 Å². The lowest BCUT2D eigenvalue weighted by molar-refractivity contribution is -0.137. The van der Waals surface area contributed by atoms with Gasteiger partial charge in [0.15, 0.2) is 9.84 Å². The SMILES string of the molecule is COc1ccc(OC)c(N2CC(C(=O)N3CCN(C4CCS(=O)(=O)C4)CC3)CC2=O)c1. The third-order valence-electron chi connectivity index (χ3n) is 6.50. The number of anilines is 1. The lowest BCUT2D eigenvalue weighted by Crippen LogP contribution is -2.53. The molecule has 0 N–H and O–H groups in total. The number of nitrogens with zero attached hydrogens (tertiary/aromatic N) is 3. The average Bonchev–Trinajstić information content (AvgIpc) is 3.34. The van der Waals surface area contributed by atoms with Gasteiger partial charge < -0.3 is 19.3 Å². The van der Waals surface area contributed by atoms with Crippen LogP contribution in [0.25, 0.3) is 0 Å². The van der Waals surface area contributed by atoms with E-state index < -0.39 is 15.8 Å². The quantitative estimate of drug-likeness (QED) is 0.639. The van der Waals surface area contributed by atoms with E-state index in [-0.39, 0.29) is 35.8 Å². The van der Waals surface area contributed by atoms with Crippen LogP contribution in [0.1, 0.15) is 12.8 Å². The Bertz CT molecular complexity index is 958. The van der Waals surface area contributed by atoms with E-state index in [1.54, 1.807) is 37.3 Å². The monoisotopic (exact) mass is 451 g/mol. The molecule has 4 rings (SSSR count). The van der Waals surface area contributed by atoms with E-state index in [1.807, 2.05) is 4.90 Å². The molecule has 0 aliphatic carbocycles. The average molecular weight is 452 g/mol. The molecule has 31 heavy (non-hydrogen) atoms. The molecule has 9 nitrogen and oxygen atoms in total. The molecule has 1 aromatic carbocycles. The van der Waals surface area contributed by atoms with Crippen LogP contribution in [0.2, 0.25) is 0 Å². The van der Waals surface area contributed by atoms with Crippen molar-refractivity contribution in [1.82, 2.24) is 9.80 Å². The molecule has 0 bridgehead atoms. The first-order chi connectivity index (χ1) is 14.8. The van der Waals surface area contributed by atoms with Crippen molar-refractivity contribution < 1.29 is 27.5 Å². The molecular weight excluding hydrogens is 422 g/mol. The van der Waals surface area contributed by atoms with E-state index in [2.05, 4.69) is 4.90 Å². The van der Waals surface area contributed by atoms with Crippen molar-refractivity contribution in [3.8, 4) is 11.5 Å². The molecule has 2 atom stereocenters. The van der Waals surface area contributed by atoms with Gasteiger partial charge in [-0.1, -0.05) is 0 Å². The highest BCUT2D eigenvalue weighted by Gasteiger charge is 2.40. The van der Waals surface area contributed by atoms with Crippen molar-refractivity contribution in [3.63, 3.8) is 0 Å². The number of hydrogen-bond donors (Lipinski definition) is 0. The zero-order chi connectivity index (χ0) is 22.2. The number of hydrogen-bond acceptors (Lipinski definition) is 7. The molecule has 170 valence electrons. The Kier molecular flexibility index (Phi) is 6.11. The Hall–Kier alpha value is -2.33. The number of benzene rings is 1. The van der Waals surface area contributed by atoms with Crippen LogP contribution in [0.3, 0.4) is 0 Å². The summed E-state index contributed by atoms with van der Waals surface area (Å²) in [5.74, 6) is 1.11. The zero-order valence-corrected chi connectivity index (χ0v) is 18.8.